The summed E-state index contributed by atoms with van der Waals surface area (Å²) in [5.74, 6) is 2.06. The Morgan fingerprint density at radius 3 is 2.44 bits per heavy atom. The van der Waals surface area contributed by atoms with E-state index < -0.39 is 9.84 Å². The molecule has 0 aliphatic carbocycles. The number of halogens is 1. The second-order valence-electron chi connectivity index (χ2n) is 6.17. The second kappa shape index (κ2) is 10.1. The Bertz CT molecular complexity index is 888. The first-order valence-electron chi connectivity index (χ1n) is 8.45. The van der Waals surface area contributed by atoms with Gasteiger partial charge in [-0.15, -0.1) is 24.0 Å². The maximum atomic E-state index is 11.7. The molecule has 0 saturated carbocycles. The summed E-state index contributed by atoms with van der Waals surface area (Å²) in [7, 11) is -3.21. The molecule has 0 fully saturated rings. The highest BCUT2D eigenvalue weighted by Gasteiger charge is 2.11. The lowest BCUT2D eigenvalue weighted by molar-refractivity contribution is 0.463. The van der Waals surface area contributed by atoms with Crippen molar-refractivity contribution in [2.45, 2.75) is 45.7 Å². The van der Waals surface area contributed by atoms with Gasteiger partial charge < -0.3 is 15.1 Å². The number of rotatable bonds is 6. The molecule has 0 amide bonds. The van der Waals surface area contributed by atoms with Crippen molar-refractivity contribution < 1.29 is 12.8 Å². The minimum Gasteiger partial charge on any atom is -0.444 e. The highest BCUT2D eigenvalue weighted by atomic mass is 127. The number of guanidine groups is 1. The standard InChI is InChI=1S/C18H26N4O3S.HI/c1-6-19-18(21-11-17-22-13(3)14(4)25-17)20-10-15-7-8-16(12(2)9-15)26(5,23)24;/h7-9H,6,10-11H2,1-5H3,(H2,19,20,21);1H. The van der Waals surface area contributed by atoms with E-state index in [9.17, 15) is 8.42 Å². The molecule has 0 aliphatic heterocycles. The second-order valence-corrected chi connectivity index (χ2v) is 8.15. The monoisotopic (exact) mass is 506 g/mol. The Hall–Kier alpha value is -1.62. The number of nitrogens with one attached hydrogen (secondary N) is 2. The highest BCUT2D eigenvalue weighted by molar-refractivity contribution is 14.0. The van der Waals surface area contributed by atoms with Gasteiger partial charge in [-0.1, -0.05) is 12.1 Å². The molecule has 0 radical (unpaired) electrons. The van der Waals surface area contributed by atoms with Crippen molar-refractivity contribution in [1.29, 1.82) is 0 Å². The van der Waals surface area contributed by atoms with Gasteiger partial charge in [-0.3, -0.25) is 0 Å². The van der Waals surface area contributed by atoms with Gasteiger partial charge in [-0.05, 0) is 44.9 Å². The summed E-state index contributed by atoms with van der Waals surface area (Å²) in [4.78, 5) is 9.22. The van der Waals surface area contributed by atoms with Crippen molar-refractivity contribution in [3.05, 3.63) is 46.7 Å². The van der Waals surface area contributed by atoms with Gasteiger partial charge >= 0.3 is 0 Å². The minimum absolute atomic E-state index is 0. The number of aliphatic imine (C=N–C) groups is 1. The maximum Gasteiger partial charge on any atom is 0.214 e. The smallest absolute Gasteiger partial charge is 0.214 e. The van der Waals surface area contributed by atoms with E-state index in [2.05, 4.69) is 20.6 Å². The molecule has 9 heteroatoms. The number of hydrogen-bond acceptors (Lipinski definition) is 5. The zero-order chi connectivity index (χ0) is 19.3. The summed E-state index contributed by atoms with van der Waals surface area (Å²) >= 11 is 0. The van der Waals surface area contributed by atoms with Crippen LogP contribution in [0, 0.1) is 20.8 Å². The zero-order valence-electron chi connectivity index (χ0n) is 16.3. The van der Waals surface area contributed by atoms with Crippen molar-refractivity contribution in [2.75, 3.05) is 12.8 Å². The Labute approximate surface area is 178 Å². The predicted molar refractivity (Wildman–Crippen MR) is 117 cm³/mol. The van der Waals surface area contributed by atoms with Crippen LogP contribution in [0.4, 0.5) is 0 Å². The first-order chi connectivity index (χ1) is 12.2. The molecule has 0 bridgehead atoms. The molecule has 0 aliphatic rings. The molecule has 2 aromatic rings. The fraction of sp³-hybridized carbons (Fsp3) is 0.444. The molecule has 1 heterocycles. The molecule has 150 valence electrons. The number of hydrogen-bond donors (Lipinski definition) is 2. The molecule has 1 aromatic heterocycles. The summed E-state index contributed by atoms with van der Waals surface area (Å²) in [5.41, 5.74) is 2.55. The summed E-state index contributed by atoms with van der Waals surface area (Å²) < 4.78 is 29.0. The van der Waals surface area contributed by atoms with Crippen LogP contribution in [0.15, 0.2) is 32.5 Å². The first kappa shape index (κ1) is 23.4. The van der Waals surface area contributed by atoms with Crippen LogP contribution in [0.25, 0.3) is 0 Å². The molecule has 2 rings (SSSR count). The molecule has 0 atom stereocenters. The van der Waals surface area contributed by atoms with Crippen LogP contribution in [-0.4, -0.2) is 32.2 Å². The molecule has 27 heavy (non-hydrogen) atoms. The molecular weight excluding hydrogens is 479 g/mol. The molecule has 0 spiro atoms. The van der Waals surface area contributed by atoms with Gasteiger partial charge in [-0.2, -0.15) is 0 Å². The Balaban J connectivity index is 0.00000364. The van der Waals surface area contributed by atoms with Gasteiger partial charge in [0.25, 0.3) is 0 Å². The van der Waals surface area contributed by atoms with Crippen molar-refractivity contribution in [3.63, 3.8) is 0 Å². The van der Waals surface area contributed by atoms with Gasteiger partial charge in [0.15, 0.2) is 15.8 Å². The van der Waals surface area contributed by atoms with E-state index in [-0.39, 0.29) is 24.0 Å². The van der Waals surface area contributed by atoms with Crippen LogP contribution in [0.2, 0.25) is 0 Å². The van der Waals surface area contributed by atoms with Crippen LogP contribution in [0.3, 0.4) is 0 Å². The molecule has 2 N–H and O–H groups in total. The number of oxazole rings is 1. The Kier molecular flexibility index (Phi) is 8.73. The number of aromatic nitrogens is 1. The Morgan fingerprint density at radius 1 is 1.22 bits per heavy atom. The molecular formula is C18H27IN4O3S. The van der Waals surface area contributed by atoms with Gasteiger partial charge in [0.1, 0.15) is 5.76 Å². The third-order valence-corrected chi connectivity index (χ3v) is 5.14. The summed E-state index contributed by atoms with van der Waals surface area (Å²) in [6.45, 7) is 9.16. The van der Waals surface area contributed by atoms with Crippen LogP contribution >= 0.6 is 24.0 Å². The summed E-state index contributed by atoms with van der Waals surface area (Å²) in [6.07, 6.45) is 1.21. The molecule has 0 unspecified atom stereocenters. The summed E-state index contributed by atoms with van der Waals surface area (Å²) in [5, 5.41) is 6.35. The largest absolute Gasteiger partial charge is 0.444 e. The van der Waals surface area contributed by atoms with E-state index in [0.29, 0.717) is 29.8 Å². The lowest BCUT2D eigenvalue weighted by Crippen LogP contribution is -2.36. The number of sulfone groups is 1. The van der Waals surface area contributed by atoms with Gasteiger partial charge in [0.2, 0.25) is 5.89 Å². The third kappa shape index (κ3) is 6.80. The van der Waals surface area contributed by atoms with Crippen LogP contribution in [-0.2, 0) is 22.9 Å². The lowest BCUT2D eigenvalue weighted by Gasteiger charge is -2.10. The van der Waals surface area contributed by atoms with Gasteiger partial charge in [-0.25, -0.2) is 18.4 Å². The fourth-order valence-electron chi connectivity index (χ4n) is 2.51. The van der Waals surface area contributed by atoms with Crippen LogP contribution in [0.5, 0.6) is 0 Å². The molecule has 7 nitrogen and oxygen atoms in total. The normalized spacial score (nSPS) is 11.8. The van der Waals surface area contributed by atoms with E-state index in [1.165, 1.54) is 6.26 Å². The zero-order valence-corrected chi connectivity index (χ0v) is 19.4. The van der Waals surface area contributed by atoms with E-state index in [1.54, 1.807) is 19.1 Å². The van der Waals surface area contributed by atoms with Crippen molar-refractivity contribution in [2.24, 2.45) is 4.99 Å². The Morgan fingerprint density at radius 2 is 1.93 bits per heavy atom. The van der Waals surface area contributed by atoms with Crippen LogP contribution < -0.4 is 10.6 Å². The SMILES string of the molecule is CCNC(=NCc1ccc(S(C)(=O)=O)c(C)c1)NCc1nc(C)c(C)o1.I. The van der Waals surface area contributed by atoms with E-state index in [4.69, 9.17) is 4.42 Å². The number of aryl methyl sites for hydroxylation is 3. The predicted octanol–water partition coefficient (Wildman–Crippen LogP) is 2.88. The molecule has 1 aromatic carbocycles. The fourth-order valence-corrected chi connectivity index (χ4v) is 3.47. The molecule has 0 saturated heterocycles. The third-order valence-electron chi connectivity index (χ3n) is 3.88. The highest BCUT2D eigenvalue weighted by Crippen LogP contribution is 2.17. The minimum atomic E-state index is -3.21. The maximum absolute atomic E-state index is 11.7. The van der Waals surface area contributed by atoms with Crippen molar-refractivity contribution in [1.82, 2.24) is 15.6 Å². The first-order valence-corrected chi connectivity index (χ1v) is 10.3. The quantitative estimate of drug-likeness (QED) is 0.356. The average Bonchev–Trinajstić information content (AvgIpc) is 2.87. The van der Waals surface area contributed by atoms with E-state index in [0.717, 1.165) is 29.1 Å². The number of benzene rings is 1. The van der Waals surface area contributed by atoms with Gasteiger partial charge in [0.05, 0.1) is 23.7 Å². The van der Waals surface area contributed by atoms with Crippen LogP contribution in [0.1, 0.15) is 35.4 Å². The van der Waals surface area contributed by atoms with Gasteiger partial charge in [0, 0.05) is 12.8 Å². The van der Waals surface area contributed by atoms with Crippen molar-refractivity contribution in [3.8, 4) is 0 Å². The lowest BCUT2D eigenvalue weighted by atomic mass is 10.1. The van der Waals surface area contributed by atoms with E-state index in [1.807, 2.05) is 26.8 Å². The van der Waals surface area contributed by atoms with E-state index >= 15 is 0 Å². The topological polar surface area (TPSA) is 96.6 Å². The summed E-state index contributed by atoms with van der Waals surface area (Å²) in [6, 6.07) is 5.27. The number of nitrogens with zero attached hydrogens (tertiary/aromatic N) is 2. The average molecular weight is 506 g/mol. The van der Waals surface area contributed by atoms with Crippen molar-refractivity contribution >= 4 is 39.8 Å².